The summed E-state index contributed by atoms with van der Waals surface area (Å²) in [6.45, 7) is 12.0. The van der Waals surface area contributed by atoms with E-state index in [0.717, 1.165) is 36.9 Å². The summed E-state index contributed by atoms with van der Waals surface area (Å²) in [6, 6.07) is 20.2. The van der Waals surface area contributed by atoms with E-state index in [1.54, 1.807) is 0 Å². The van der Waals surface area contributed by atoms with E-state index in [1.807, 2.05) is 19.2 Å². The number of hydrazine groups is 1. The van der Waals surface area contributed by atoms with Gasteiger partial charge in [-0.3, -0.25) is 14.1 Å². The second kappa shape index (κ2) is 12.6. The van der Waals surface area contributed by atoms with E-state index >= 15 is 0 Å². The Bertz CT molecular complexity index is 878. The third kappa shape index (κ3) is 6.99. The predicted molar refractivity (Wildman–Crippen MR) is 146 cm³/mol. The van der Waals surface area contributed by atoms with Crippen LogP contribution in [0.4, 0.5) is 5.69 Å². The topological polar surface area (TPSA) is 37.0 Å². The number of nitrogens with zero attached hydrogens (tertiary/aromatic N) is 4. The van der Waals surface area contributed by atoms with E-state index in [0.29, 0.717) is 0 Å². The first kappa shape index (κ1) is 25.1. The number of hydrogen-bond donors (Lipinski definition) is 2. The molecule has 0 spiro atoms. The molecule has 2 aromatic rings. The monoisotopic (exact) mass is 480 g/mol. The second-order valence-corrected chi connectivity index (χ2v) is 10.5. The quantitative estimate of drug-likeness (QED) is 0.351. The van der Waals surface area contributed by atoms with Crippen LogP contribution in [0.2, 0.25) is 0 Å². The van der Waals surface area contributed by atoms with Crippen molar-refractivity contribution in [1.29, 1.82) is 0 Å². The molecule has 34 heavy (non-hydrogen) atoms. The minimum atomic E-state index is 0.839. The standard InChI is InChI=1S/C27H40N6S/c1-23(29-28-2)25-14-12-24(13-15-25)22-33(27-8-5-4-6-9-27)34-30(3)16-17-31-18-20-32(21-19-31)26-10-7-11-26/h4-6,8-9,12-15,26,28-29H,1,7,10-11,16-22H2,2-3H3. The molecule has 2 N–H and O–H groups in total. The fraction of sp³-hybridized carbons (Fsp3) is 0.481. The predicted octanol–water partition coefficient (Wildman–Crippen LogP) is 4.05. The molecule has 6 nitrogen and oxygen atoms in total. The maximum absolute atomic E-state index is 4.07. The van der Waals surface area contributed by atoms with Crippen LogP contribution in [0.25, 0.3) is 5.70 Å². The van der Waals surface area contributed by atoms with Crippen LogP contribution in [0.1, 0.15) is 30.4 Å². The van der Waals surface area contributed by atoms with Crippen LogP contribution in [0.5, 0.6) is 0 Å². The summed E-state index contributed by atoms with van der Waals surface area (Å²) in [5.41, 5.74) is 10.4. The number of anilines is 1. The molecule has 0 amide bonds. The minimum Gasteiger partial charge on any atom is -0.322 e. The molecule has 4 rings (SSSR count). The summed E-state index contributed by atoms with van der Waals surface area (Å²) >= 11 is 1.81. The Hall–Kier alpha value is -2.03. The van der Waals surface area contributed by atoms with Crippen molar-refractivity contribution >= 4 is 23.5 Å². The highest BCUT2D eigenvalue weighted by Gasteiger charge is 2.27. The van der Waals surface area contributed by atoms with Crippen LogP contribution < -0.4 is 15.2 Å². The van der Waals surface area contributed by atoms with Gasteiger partial charge in [-0.1, -0.05) is 55.5 Å². The van der Waals surface area contributed by atoms with Gasteiger partial charge in [0, 0.05) is 75.9 Å². The van der Waals surface area contributed by atoms with Gasteiger partial charge in [0.2, 0.25) is 0 Å². The molecule has 0 radical (unpaired) electrons. The molecule has 1 aliphatic heterocycles. The fourth-order valence-electron chi connectivity index (χ4n) is 4.56. The Morgan fingerprint density at radius 1 is 1.03 bits per heavy atom. The van der Waals surface area contributed by atoms with Crippen molar-refractivity contribution in [1.82, 2.24) is 25.0 Å². The smallest absolute Gasteiger partial charge is 0.0558 e. The molecule has 0 unspecified atom stereocenters. The van der Waals surface area contributed by atoms with E-state index in [2.05, 4.69) is 97.5 Å². The molecule has 2 fully saturated rings. The van der Waals surface area contributed by atoms with Crippen molar-refractivity contribution in [2.45, 2.75) is 31.8 Å². The second-order valence-electron chi connectivity index (χ2n) is 9.32. The van der Waals surface area contributed by atoms with E-state index in [4.69, 9.17) is 0 Å². The maximum atomic E-state index is 4.07. The van der Waals surface area contributed by atoms with Crippen molar-refractivity contribution in [3.8, 4) is 0 Å². The number of nitrogens with one attached hydrogen (secondary N) is 2. The molecule has 1 aliphatic carbocycles. The number of likely N-dealkylation sites (N-methyl/N-ethyl adjacent to an activating group) is 1. The summed E-state index contributed by atoms with van der Waals surface area (Å²) in [7, 11) is 4.06. The van der Waals surface area contributed by atoms with Crippen LogP contribution >= 0.6 is 12.1 Å². The first-order valence-electron chi connectivity index (χ1n) is 12.5. The van der Waals surface area contributed by atoms with Crippen LogP contribution in [-0.4, -0.2) is 73.5 Å². The lowest BCUT2D eigenvalue weighted by molar-refractivity contribution is 0.0609. The van der Waals surface area contributed by atoms with Gasteiger partial charge >= 0.3 is 0 Å². The molecule has 1 saturated heterocycles. The third-order valence-corrected chi connectivity index (χ3v) is 7.91. The summed E-state index contributed by atoms with van der Waals surface area (Å²) < 4.78 is 4.75. The SMILES string of the molecule is C=C(NNC)c1ccc(CN(SN(C)CCN2CCN(C3CCC3)CC2)c2ccccc2)cc1. The fourth-order valence-corrected chi connectivity index (χ4v) is 5.48. The van der Waals surface area contributed by atoms with Crippen LogP contribution in [-0.2, 0) is 6.54 Å². The molecular weight excluding hydrogens is 440 g/mol. The number of rotatable bonds is 12. The molecule has 1 saturated carbocycles. The summed E-state index contributed by atoms with van der Waals surface area (Å²) in [4.78, 5) is 5.34. The summed E-state index contributed by atoms with van der Waals surface area (Å²) in [5, 5.41) is 0. The van der Waals surface area contributed by atoms with Gasteiger partial charge < -0.3 is 5.43 Å². The van der Waals surface area contributed by atoms with E-state index in [1.165, 1.54) is 56.7 Å². The van der Waals surface area contributed by atoms with Crippen LogP contribution in [0, 0.1) is 0 Å². The molecule has 184 valence electrons. The summed E-state index contributed by atoms with van der Waals surface area (Å²) in [5.74, 6) is 0. The zero-order chi connectivity index (χ0) is 23.8. The average molecular weight is 481 g/mol. The van der Waals surface area contributed by atoms with Gasteiger partial charge in [-0.05, 0) is 43.1 Å². The average Bonchev–Trinajstić information content (AvgIpc) is 2.83. The molecule has 0 atom stereocenters. The van der Waals surface area contributed by atoms with Crippen molar-refractivity contribution in [3.63, 3.8) is 0 Å². The normalized spacial score (nSPS) is 17.5. The van der Waals surface area contributed by atoms with Crippen LogP contribution in [0.15, 0.2) is 61.2 Å². The molecule has 2 aromatic carbocycles. The zero-order valence-electron chi connectivity index (χ0n) is 20.7. The van der Waals surface area contributed by atoms with Gasteiger partial charge in [0.1, 0.15) is 0 Å². The van der Waals surface area contributed by atoms with Crippen LogP contribution in [0.3, 0.4) is 0 Å². The Kier molecular flexibility index (Phi) is 9.30. The molecule has 0 aromatic heterocycles. The Balaban J connectivity index is 1.30. The highest BCUT2D eigenvalue weighted by Crippen LogP contribution is 2.28. The number of para-hydroxylation sites is 1. The number of piperazine rings is 1. The van der Waals surface area contributed by atoms with Crippen molar-refractivity contribution in [2.75, 3.05) is 57.7 Å². The molecule has 1 heterocycles. The first-order valence-corrected chi connectivity index (χ1v) is 13.2. The molecule has 7 heteroatoms. The largest absolute Gasteiger partial charge is 0.322 e. The van der Waals surface area contributed by atoms with Crippen molar-refractivity contribution < 1.29 is 0 Å². The molecular formula is C27H40N6S. The van der Waals surface area contributed by atoms with Gasteiger partial charge in [-0.15, -0.1) is 0 Å². The lowest BCUT2D eigenvalue weighted by Crippen LogP contribution is -2.53. The van der Waals surface area contributed by atoms with E-state index < -0.39 is 0 Å². The van der Waals surface area contributed by atoms with Gasteiger partial charge in [-0.2, -0.15) is 0 Å². The van der Waals surface area contributed by atoms with E-state index in [9.17, 15) is 0 Å². The van der Waals surface area contributed by atoms with Crippen molar-refractivity contribution in [3.05, 3.63) is 72.3 Å². The third-order valence-electron chi connectivity index (χ3n) is 6.92. The number of benzene rings is 2. The Labute approximate surface area is 210 Å². The highest BCUT2D eigenvalue weighted by molar-refractivity contribution is 7.98. The van der Waals surface area contributed by atoms with Gasteiger partial charge in [-0.25, -0.2) is 9.73 Å². The zero-order valence-corrected chi connectivity index (χ0v) is 21.6. The molecule has 2 aliphatic rings. The van der Waals surface area contributed by atoms with Crippen molar-refractivity contribution in [2.24, 2.45) is 0 Å². The Morgan fingerprint density at radius 3 is 2.35 bits per heavy atom. The summed E-state index contributed by atoms with van der Waals surface area (Å²) in [6.07, 6.45) is 4.26. The maximum Gasteiger partial charge on any atom is 0.0558 e. The number of hydrogen-bond acceptors (Lipinski definition) is 7. The van der Waals surface area contributed by atoms with Gasteiger partial charge in [0.25, 0.3) is 0 Å². The van der Waals surface area contributed by atoms with Gasteiger partial charge in [0.15, 0.2) is 0 Å². The molecule has 0 bridgehead atoms. The lowest BCUT2D eigenvalue weighted by Gasteiger charge is -2.43. The van der Waals surface area contributed by atoms with E-state index in [-0.39, 0.29) is 0 Å². The van der Waals surface area contributed by atoms with Gasteiger partial charge in [0.05, 0.1) is 6.54 Å². The highest BCUT2D eigenvalue weighted by atomic mass is 32.2. The Morgan fingerprint density at radius 2 is 1.74 bits per heavy atom. The first-order chi connectivity index (χ1) is 16.6. The lowest BCUT2D eigenvalue weighted by atomic mass is 9.91. The minimum absolute atomic E-state index is 0.839.